The molecule has 11 nitrogen and oxygen atoms in total. The van der Waals surface area contributed by atoms with E-state index in [2.05, 4.69) is 16.7 Å². The number of hydrogen-bond donors (Lipinski definition) is 2. The molecule has 2 aromatic carbocycles. The molecular weight excluding hydrogens is 627 g/mol. The number of fused-ring (bicyclic) bond motifs is 2. The summed E-state index contributed by atoms with van der Waals surface area (Å²) in [5.74, 6) is -0.891. The topological polar surface area (TPSA) is 153 Å². The zero-order chi connectivity index (χ0) is 33.0. The molecule has 0 saturated carbocycles. The highest BCUT2D eigenvalue weighted by atomic mass is 32.2. The third-order valence-electron chi connectivity index (χ3n) is 8.95. The lowest BCUT2D eigenvalue weighted by Gasteiger charge is -2.34. The first-order valence-corrected chi connectivity index (χ1v) is 18.2. The molecule has 6 rings (SSSR count). The van der Waals surface area contributed by atoms with Gasteiger partial charge in [-0.05, 0) is 49.0 Å². The van der Waals surface area contributed by atoms with E-state index in [0.29, 0.717) is 51.9 Å². The van der Waals surface area contributed by atoms with Crippen molar-refractivity contribution in [3.63, 3.8) is 0 Å². The second kappa shape index (κ2) is 11.8. The van der Waals surface area contributed by atoms with Gasteiger partial charge < -0.3 is 15.1 Å². The molecule has 13 heteroatoms. The minimum absolute atomic E-state index is 0.0387. The molecule has 2 aliphatic heterocycles. The molecule has 1 saturated heterocycles. The summed E-state index contributed by atoms with van der Waals surface area (Å²) >= 11 is 0. The van der Waals surface area contributed by atoms with E-state index in [1.807, 2.05) is 31.2 Å². The van der Waals surface area contributed by atoms with E-state index in [1.54, 1.807) is 36.4 Å². The molecule has 3 heterocycles. The molecule has 3 aliphatic rings. The number of nitrogens with one attached hydrogen (secondary N) is 2. The number of anilines is 1. The van der Waals surface area contributed by atoms with Gasteiger partial charge in [0.2, 0.25) is 10.0 Å². The highest BCUT2D eigenvalue weighted by Gasteiger charge is 2.40. The summed E-state index contributed by atoms with van der Waals surface area (Å²) in [5, 5.41) is 15.8. The van der Waals surface area contributed by atoms with Crippen molar-refractivity contribution in [3.8, 4) is 17.4 Å². The van der Waals surface area contributed by atoms with E-state index in [0.717, 1.165) is 21.7 Å². The molecule has 0 bridgehead atoms. The quantitative estimate of drug-likeness (QED) is 0.384. The number of benzene rings is 2. The van der Waals surface area contributed by atoms with Crippen molar-refractivity contribution in [1.82, 2.24) is 14.9 Å². The number of sulfonamides is 2. The molecule has 1 fully saturated rings. The van der Waals surface area contributed by atoms with Gasteiger partial charge in [0, 0.05) is 44.2 Å². The Morgan fingerprint density at radius 1 is 1.17 bits per heavy atom. The average molecular weight is 662 g/mol. The zero-order valence-corrected chi connectivity index (χ0v) is 27.6. The standard InChI is InChI=1S/C33H35N5O6S2/c1-20-10-12-21(13-11-20)32-30(33(39)35-2)26-16-25(27(17-28(26)44-32)37(3)45(4,40)41)24-9-6-14-38(19-24)46(42,43)29-15-22-7-5-8-23(18-34)31(22)36-29/h5,7-8,10-13,15-17,23-24,31,36H,6,9,14,19H2,1-4H3,(H,35,39)/t23?,24-,31?/m0/s1. The van der Waals surface area contributed by atoms with Crippen LogP contribution in [0.1, 0.15) is 40.2 Å². The van der Waals surface area contributed by atoms with E-state index in [1.165, 1.54) is 18.4 Å². The number of aryl methyl sites for hydroxylation is 1. The summed E-state index contributed by atoms with van der Waals surface area (Å²) in [7, 11) is -4.71. The Morgan fingerprint density at radius 2 is 1.91 bits per heavy atom. The van der Waals surface area contributed by atoms with Crippen LogP contribution in [0.4, 0.5) is 5.69 Å². The van der Waals surface area contributed by atoms with Gasteiger partial charge in [-0.3, -0.25) is 9.10 Å². The Balaban J connectivity index is 1.44. The number of nitrogens with zero attached hydrogens (tertiary/aromatic N) is 3. The number of hydrogen-bond acceptors (Lipinski definition) is 8. The molecule has 2 N–H and O–H groups in total. The highest BCUT2D eigenvalue weighted by molar-refractivity contribution is 7.93. The normalized spacial score (nSPS) is 21.6. The first-order chi connectivity index (χ1) is 21.8. The van der Waals surface area contributed by atoms with Crippen molar-refractivity contribution < 1.29 is 26.0 Å². The lowest BCUT2D eigenvalue weighted by Crippen LogP contribution is -2.43. The molecule has 46 heavy (non-hydrogen) atoms. The number of allylic oxidation sites excluding steroid dienone is 2. The second-order valence-electron chi connectivity index (χ2n) is 11.9. The highest BCUT2D eigenvalue weighted by Crippen LogP contribution is 2.42. The van der Waals surface area contributed by atoms with Gasteiger partial charge in [-0.1, -0.05) is 48.1 Å². The smallest absolute Gasteiger partial charge is 0.258 e. The van der Waals surface area contributed by atoms with E-state index in [9.17, 15) is 26.9 Å². The van der Waals surface area contributed by atoms with Gasteiger partial charge in [0.05, 0.1) is 35.5 Å². The van der Waals surface area contributed by atoms with Crippen molar-refractivity contribution >= 4 is 42.6 Å². The minimum Gasteiger partial charge on any atom is -0.455 e. The SMILES string of the molecule is CNC(=O)c1c(-c2ccc(C)cc2)oc2cc(N(C)S(C)(=O)=O)c([C@H]3CCCN(S(=O)(=O)C4=CC5=CC=CC(C#N)C5N4)C3)cc12. The van der Waals surface area contributed by atoms with E-state index in [-0.39, 0.29) is 29.9 Å². The van der Waals surface area contributed by atoms with Gasteiger partial charge in [-0.15, -0.1) is 0 Å². The number of furan rings is 1. The van der Waals surface area contributed by atoms with Gasteiger partial charge in [0.15, 0.2) is 0 Å². The number of piperidine rings is 1. The molecule has 3 aromatic rings. The van der Waals surface area contributed by atoms with Crippen molar-refractivity contribution in [2.75, 3.05) is 37.7 Å². The van der Waals surface area contributed by atoms with Crippen molar-refractivity contribution in [1.29, 1.82) is 5.26 Å². The number of rotatable bonds is 7. The third kappa shape index (κ3) is 5.50. The molecule has 3 atom stereocenters. The van der Waals surface area contributed by atoms with Crippen LogP contribution in [0.2, 0.25) is 0 Å². The Hall–Kier alpha value is -4.38. The van der Waals surface area contributed by atoms with Crippen LogP contribution in [0.25, 0.3) is 22.3 Å². The van der Waals surface area contributed by atoms with Crippen LogP contribution < -0.4 is 14.9 Å². The molecule has 1 aliphatic carbocycles. The predicted molar refractivity (Wildman–Crippen MR) is 177 cm³/mol. The van der Waals surface area contributed by atoms with Gasteiger partial charge in [0.1, 0.15) is 16.4 Å². The fraction of sp³-hybridized carbons (Fsp3) is 0.333. The summed E-state index contributed by atoms with van der Waals surface area (Å²) < 4.78 is 62.4. The van der Waals surface area contributed by atoms with Crippen LogP contribution in [0.3, 0.4) is 0 Å². The molecule has 0 spiro atoms. The van der Waals surface area contributed by atoms with E-state index in [4.69, 9.17) is 4.42 Å². The average Bonchev–Trinajstić information content (AvgIpc) is 3.66. The van der Waals surface area contributed by atoms with Gasteiger partial charge in [-0.2, -0.15) is 9.57 Å². The van der Waals surface area contributed by atoms with Crippen LogP contribution in [0.15, 0.2) is 75.7 Å². The number of carbonyl (C=O) groups is 1. The summed E-state index contributed by atoms with van der Waals surface area (Å²) in [6, 6.07) is 12.7. The minimum atomic E-state index is -3.97. The molecular formula is C33H35N5O6S2. The second-order valence-corrected chi connectivity index (χ2v) is 15.8. The van der Waals surface area contributed by atoms with E-state index >= 15 is 0 Å². The molecule has 1 aromatic heterocycles. The lowest BCUT2D eigenvalue weighted by atomic mass is 9.89. The van der Waals surface area contributed by atoms with Gasteiger partial charge in [0.25, 0.3) is 15.9 Å². The monoisotopic (exact) mass is 661 g/mol. The van der Waals surface area contributed by atoms with Crippen molar-refractivity contribution in [2.24, 2.45) is 5.92 Å². The van der Waals surface area contributed by atoms with Crippen LogP contribution >= 0.6 is 0 Å². The first-order valence-electron chi connectivity index (χ1n) is 14.9. The lowest BCUT2D eigenvalue weighted by molar-refractivity contribution is 0.0964. The zero-order valence-electron chi connectivity index (χ0n) is 25.9. The number of carbonyl (C=O) groups excluding carboxylic acids is 1. The maximum absolute atomic E-state index is 14.0. The molecule has 0 radical (unpaired) electrons. The van der Waals surface area contributed by atoms with Crippen LogP contribution in [0.5, 0.6) is 0 Å². The molecule has 240 valence electrons. The Labute approximate surface area is 269 Å². The Bertz CT molecular complexity index is 2090. The maximum atomic E-state index is 14.0. The van der Waals surface area contributed by atoms with Crippen LogP contribution in [-0.2, 0) is 20.0 Å². The number of amides is 1. The summed E-state index contributed by atoms with van der Waals surface area (Å²) in [6.45, 7) is 2.34. The van der Waals surface area contributed by atoms with Crippen molar-refractivity contribution in [2.45, 2.75) is 31.7 Å². The van der Waals surface area contributed by atoms with Crippen LogP contribution in [-0.4, -0.2) is 66.5 Å². The van der Waals surface area contributed by atoms with Gasteiger partial charge in [-0.25, -0.2) is 16.8 Å². The fourth-order valence-electron chi connectivity index (χ4n) is 6.37. The largest absolute Gasteiger partial charge is 0.455 e. The maximum Gasteiger partial charge on any atom is 0.258 e. The summed E-state index contributed by atoms with van der Waals surface area (Å²) in [6.07, 6.45) is 9.12. The Morgan fingerprint density at radius 3 is 2.59 bits per heavy atom. The third-order valence-corrected chi connectivity index (χ3v) is 11.9. The van der Waals surface area contributed by atoms with Crippen molar-refractivity contribution in [3.05, 3.63) is 88.0 Å². The van der Waals surface area contributed by atoms with Gasteiger partial charge >= 0.3 is 0 Å². The molecule has 1 amide bonds. The summed E-state index contributed by atoms with van der Waals surface area (Å²) in [5.41, 5.74) is 4.06. The molecule has 2 unspecified atom stereocenters. The summed E-state index contributed by atoms with van der Waals surface area (Å²) in [4.78, 5) is 13.3. The van der Waals surface area contributed by atoms with E-state index < -0.39 is 32.0 Å². The van der Waals surface area contributed by atoms with Crippen LogP contribution in [0, 0.1) is 24.2 Å². The predicted octanol–water partition coefficient (Wildman–Crippen LogP) is 4.12. The Kier molecular flexibility index (Phi) is 8.08. The fourth-order valence-corrected chi connectivity index (χ4v) is 8.47. The first kappa shape index (κ1) is 31.6. The number of nitriles is 1.